The van der Waals surface area contributed by atoms with Gasteiger partial charge >= 0.3 is 0 Å². The van der Waals surface area contributed by atoms with E-state index in [-0.39, 0.29) is 6.04 Å². The van der Waals surface area contributed by atoms with Crippen LogP contribution in [0, 0.1) is 11.3 Å². The lowest BCUT2D eigenvalue weighted by molar-refractivity contribution is 0.749. The highest BCUT2D eigenvalue weighted by molar-refractivity contribution is 6.30. The predicted octanol–water partition coefficient (Wildman–Crippen LogP) is 4.77. The van der Waals surface area contributed by atoms with Crippen LogP contribution in [0.3, 0.4) is 0 Å². The molecule has 0 aliphatic carbocycles. The average Bonchev–Trinajstić information content (AvgIpc) is 2.46. The Bertz CT molecular complexity index is 584. The lowest BCUT2D eigenvalue weighted by Gasteiger charge is -2.19. The number of hydrogen-bond acceptors (Lipinski definition) is 2. The number of nitriles is 1. The quantitative estimate of drug-likeness (QED) is 0.868. The van der Waals surface area contributed by atoms with E-state index in [0.717, 1.165) is 17.1 Å². The lowest BCUT2D eigenvalue weighted by atomic mass is 10.0. The molecule has 0 saturated carbocycles. The molecule has 0 aliphatic rings. The van der Waals surface area contributed by atoms with Crippen LogP contribution < -0.4 is 5.32 Å². The van der Waals surface area contributed by atoms with E-state index in [1.807, 2.05) is 48.5 Å². The Morgan fingerprint density at radius 1 is 1.16 bits per heavy atom. The Balaban J connectivity index is 2.24. The van der Waals surface area contributed by atoms with Crippen molar-refractivity contribution < 1.29 is 0 Å². The third-order valence-corrected chi connectivity index (χ3v) is 3.31. The minimum atomic E-state index is 0.173. The van der Waals surface area contributed by atoms with E-state index in [1.54, 1.807) is 0 Å². The first-order chi connectivity index (χ1) is 9.24. The van der Waals surface area contributed by atoms with Crippen LogP contribution in [0.5, 0.6) is 0 Å². The first-order valence-electron chi connectivity index (χ1n) is 6.25. The molecule has 0 radical (unpaired) electrons. The van der Waals surface area contributed by atoms with Crippen molar-refractivity contribution in [3.8, 4) is 6.07 Å². The van der Waals surface area contributed by atoms with Gasteiger partial charge in [0.05, 0.1) is 17.3 Å². The Hall–Kier alpha value is -1.98. The maximum atomic E-state index is 9.10. The molecule has 0 bridgehead atoms. The molecule has 0 heterocycles. The Morgan fingerprint density at radius 2 is 1.84 bits per heavy atom. The molecule has 2 aromatic rings. The van der Waals surface area contributed by atoms with Crippen LogP contribution >= 0.6 is 11.6 Å². The minimum absolute atomic E-state index is 0.173. The summed E-state index contributed by atoms with van der Waals surface area (Å²) in [4.78, 5) is 0. The zero-order valence-electron chi connectivity index (χ0n) is 10.7. The molecule has 1 atom stereocenters. The molecule has 3 heteroatoms. The topological polar surface area (TPSA) is 35.8 Å². The molecule has 0 amide bonds. The van der Waals surface area contributed by atoms with Crippen molar-refractivity contribution in [1.29, 1.82) is 5.26 Å². The summed E-state index contributed by atoms with van der Waals surface area (Å²) in [6.45, 7) is 2.11. The van der Waals surface area contributed by atoms with Gasteiger partial charge in [-0.15, -0.1) is 0 Å². The van der Waals surface area contributed by atoms with Crippen LogP contribution in [0.1, 0.15) is 30.5 Å². The van der Waals surface area contributed by atoms with Crippen LogP contribution in [0.15, 0.2) is 48.5 Å². The van der Waals surface area contributed by atoms with E-state index >= 15 is 0 Å². The van der Waals surface area contributed by atoms with Crippen LogP contribution in [0.4, 0.5) is 5.69 Å². The van der Waals surface area contributed by atoms with E-state index in [4.69, 9.17) is 16.9 Å². The summed E-state index contributed by atoms with van der Waals surface area (Å²) in [6.07, 6.45) is 0.932. The van der Waals surface area contributed by atoms with Crippen molar-refractivity contribution >= 4 is 17.3 Å². The molecule has 0 spiro atoms. The summed E-state index contributed by atoms with van der Waals surface area (Å²) in [7, 11) is 0. The zero-order chi connectivity index (χ0) is 13.7. The fourth-order valence-electron chi connectivity index (χ4n) is 2.01. The molecule has 96 valence electrons. The molecular formula is C16H15ClN2. The molecule has 2 nitrogen and oxygen atoms in total. The van der Waals surface area contributed by atoms with E-state index in [1.165, 1.54) is 5.56 Å². The number of halogens is 1. The molecule has 0 aliphatic heterocycles. The molecule has 1 unspecified atom stereocenters. The second kappa shape index (κ2) is 6.26. The molecule has 1 N–H and O–H groups in total. The predicted molar refractivity (Wildman–Crippen MR) is 79.3 cm³/mol. The number of para-hydroxylation sites is 1. The number of nitrogens with zero attached hydrogens (tertiary/aromatic N) is 1. The van der Waals surface area contributed by atoms with Crippen molar-refractivity contribution in [2.75, 3.05) is 5.32 Å². The highest BCUT2D eigenvalue weighted by Gasteiger charge is 2.10. The van der Waals surface area contributed by atoms with Gasteiger partial charge < -0.3 is 5.32 Å². The van der Waals surface area contributed by atoms with Gasteiger partial charge in [-0.2, -0.15) is 5.26 Å². The van der Waals surface area contributed by atoms with Gasteiger partial charge in [0, 0.05) is 5.02 Å². The fraction of sp³-hybridized carbons (Fsp3) is 0.188. The highest BCUT2D eigenvalue weighted by atomic mass is 35.5. The van der Waals surface area contributed by atoms with Crippen molar-refractivity contribution in [2.24, 2.45) is 0 Å². The van der Waals surface area contributed by atoms with Gasteiger partial charge in [-0.3, -0.25) is 0 Å². The fourth-order valence-corrected chi connectivity index (χ4v) is 2.14. The Labute approximate surface area is 118 Å². The zero-order valence-corrected chi connectivity index (χ0v) is 11.5. The van der Waals surface area contributed by atoms with Crippen LogP contribution in [-0.2, 0) is 0 Å². The molecule has 0 aromatic heterocycles. The second-order valence-corrected chi connectivity index (χ2v) is 4.75. The summed E-state index contributed by atoms with van der Waals surface area (Å²) >= 11 is 5.90. The summed E-state index contributed by atoms with van der Waals surface area (Å²) in [5, 5.41) is 13.3. The van der Waals surface area contributed by atoms with Crippen LogP contribution in [-0.4, -0.2) is 0 Å². The number of nitrogens with one attached hydrogen (secondary N) is 1. The van der Waals surface area contributed by atoms with Crippen molar-refractivity contribution in [2.45, 2.75) is 19.4 Å². The molecule has 2 aromatic carbocycles. The monoisotopic (exact) mass is 270 g/mol. The minimum Gasteiger partial charge on any atom is -0.377 e. The summed E-state index contributed by atoms with van der Waals surface area (Å²) in [5.41, 5.74) is 2.70. The van der Waals surface area contributed by atoms with E-state index < -0.39 is 0 Å². The average molecular weight is 271 g/mol. The highest BCUT2D eigenvalue weighted by Crippen LogP contribution is 2.25. The summed E-state index contributed by atoms with van der Waals surface area (Å²) < 4.78 is 0. The number of anilines is 1. The largest absolute Gasteiger partial charge is 0.377 e. The molecular weight excluding hydrogens is 256 g/mol. The number of hydrogen-bond donors (Lipinski definition) is 1. The number of benzene rings is 2. The standard InChI is InChI=1S/C16H15ClN2/c1-2-15(12-7-9-14(17)10-8-12)19-16-6-4-3-5-13(16)11-18/h3-10,15,19H,2H2,1H3. The Morgan fingerprint density at radius 3 is 2.47 bits per heavy atom. The molecule has 0 fully saturated rings. The van der Waals surface area contributed by atoms with Gasteiger partial charge in [-0.05, 0) is 36.2 Å². The first kappa shape index (κ1) is 13.5. The summed E-state index contributed by atoms with van der Waals surface area (Å²) in [6, 6.07) is 17.7. The Kier molecular flexibility index (Phi) is 4.43. The van der Waals surface area contributed by atoms with Crippen molar-refractivity contribution in [1.82, 2.24) is 0 Å². The SMILES string of the molecule is CCC(Nc1ccccc1C#N)c1ccc(Cl)cc1. The summed E-state index contributed by atoms with van der Waals surface area (Å²) in [5.74, 6) is 0. The second-order valence-electron chi connectivity index (χ2n) is 4.31. The molecule has 19 heavy (non-hydrogen) atoms. The van der Waals surface area contributed by atoms with E-state index in [2.05, 4.69) is 18.3 Å². The molecule has 0 saturated heterocycles. The van der Waals surface area contributed by atoms with Gasteiger partial charge in [-0.1, -0.05) is 42.8 Å². The van der Waals surface area contributed by atoms with Gasteiger partial charge in [-0.25, -0.2) is 0 Å². The van der Waals surface area contributed by atoms with E-state index in [9.17, 15) is 0 Å². The smallest absolute Gasteiger partial charge is 0.101 e. The normalized spacial score (nSPS) is 11.6. The van der Waals surface area contributed by atoms with Crippen molar-refractivity contribution in [3.05, 3.63) is 64.7 Å². The van der Waals surface area contributed by atoms with Crippen molar-refractivity contribution in [3.63, 3.8) is 0 Å². The lowest BCUT2D eigenvalue weighted by Crippen LogP contribution is -2.10. The van der Waals surface area contributed by atoms with Gasteiger partial charge in [0.2, 0.25) is 0 Å². The third kappa shape index (κ3) is 3.27. The van der Waals surface area contributed by atoms with Gasteiger partial charge in [0.15, 0.2) is 0 Å². The first-order valence-corrected chi connectivity index (χ1v) is 6.63. The van der Waals surface area contributed by atoms with E-state index in [0.29, 0.717) is 5.56 Å². The van der Waals surface area contributed by atoms with Crippen LogP contribution in [0.25, 0.3) is 0 Å². The molecule has 2 rings (SSSR count). The maximum Gasteiger partial charge on any atom is 0.101 e. The third-order valence-electron chi connectivity index (χ3n) is 3.06. The number of rotatable bonds is 4. The maximum absolute atomic E-state index is 9.10. The van der Waals surface area contributed by atoms with Gasteiger partial charge in [0.25, 0.3) is 0 Å². The van der Waals surface area contributed by atoms with Crippen LogP contribution in [0.2, 0.25) is 5.02 Å². The van der Waals surface area contributed by atoms with Gasteiger partial charge in [0.1, 0.15) is 6.07 Å².